The van der Waals surface area contributed by atoms with Crippen LogP contribution in [-0.4, -0.2) is 49.7 Å². The van der Waals surface area contributed by atoms with Crippen LogP contribution < -0.4 is 10.6 Å². The summed E-state index contributed by atoms with van der Waals surface area (Å²) in [4.78, 5) is 14.4. The van der Waals surface area contributed by atoms with Crippen LogP contribution in [0.25, 0.3) is 0 Å². The Morgan fingerprint density at radius 1 is 1.10 bits per heavy atom. The maximum absolute atomic E-state index is 12.3. The number of hydrogen-bond acceptors (Lipinski definition) is 3. The Labute approximate surface area is 114 Å². The highest BCUT2D eigenvalue weighted by Crippen LogP contribution is 2.20. The van der Waals surface area contributed by atoms with E-state index in [2.05, 4.69) is 0 Å². The van der Waals surface area contributed by atoms with Crippen LogP contribution in [0.15, 0.2) is 24.3 Å². The quantitative estimate of drug-likeness (QED) is 0.916. The lowest BCUT2D eigenvalue weighted by Gasteiger charge is -2.36. The average Bonchev–Trinajstić information content (AvgIpc) is 2.38. The molecule has 1 aromatic rings. The maximum Gasteiger partial charge on any atom is 0.401 e. The van der Waals surface area contributed by atoms with Gasteiger partial charge in [0.1, 0.15) is 0 Å². The van der Waals surface area contributed by atoms with Gasteiger partial charge in [-0.1, -0.05) is 0 Å². The molecule has 7 heteroatoms. The zero-order valence-corrected chi connectivity index (χ0v) is 10.9. The molecule has 2 rings (SSSR count). The molecular weight excluding hydrogens is 271 g/mol. The highest BCUT2D eigenvalue weighted by atomic mass is 19.4. The second kappa shape index (κ2) is 5.70. The van der Waals surface area contributed by atoms with Crippen LogP contribution in [0.5, 0.6) is 0 Å². The third-order valence-corrected chi connectivity index (χ3v) is 3.29. The van der Waals surface area contributed by atoms with Gasteiger partial charge in [0.2, 0.25) is 5.91 Å². The van der Waals surface area contributed by atoms with Crippen LogP contribution >= 0.6 is 0 Å². The van der Waals surface area contributed by atoms with Gasteiger partial charge in [-0.2, -0.15) is 13.2 Å². The molecule has 110 valence electrons. The molecular formula is C13H16F3N3O. The number of amides is 1. The molecule has 0 aromatic heterocycles. The van der Waals surface area contributed by atoms with Gasteiger partial charge in [-0.05, 0) is 24.3 Å². The molecule has 0 atom stereocenters. The number of nitrogens with zero attached hydrogens (tertiary/aromatic N) is 2. The van der Waals surface area contributed by atoms with Gasteiger partial charge in [-0.25, -0.2) is 0 Å². The summed E-state index contributed by atoms with van der Waals surface area (Å²) >= 11 is 0. The van der Waals surface area contributed by atoms with Crippen LogP contribution in [0, 0.1) is 0 Å². The topological polar surface area (TPSA) is 49.6 Å². The first-order valence-electron chi connectivity index (χ1n) is 6.29. The molecule has 4 nitrogen and oxygen atoms in total. The van der Waals surface area contributed by atoms with Crippen molar-refractivity contribution in [3.8, 4) is 0 Å². The molecule has 1 aliphatic rings. The lowest BCUT2D eigenvalue weighted by molar-refractivity contribution is -0.146. The Morgan fingerprint density at radius 2 is 1.65 bits per heavy atom. The summed E-state index contributed by atoms with van der Waals surface area (Å²) in [6.07, 6.45) is -4.15. The van der Waals surface area contributed by atoms with E-state index in [0.717, 1.165) is 5.69 Å². The molecule has 0 radical (unpaired) electrons. The van der Waals surface area contributed by atoms with Crippen molar-refractivity contribution in [3.05, 3.63) is 29.8 Å². The van der Waals surface area contributed by atoms with Gasteiger partial charge in [0.25, 0.3) is 0 Å². The lowest BCUT2D eigenvalue weighted by atomic mass is 10.1. The minimum Gasteiger partial charge on any atom is -0.369 e. The standard InChI is InChI=1S/C13H16F3N3O/c14-13(15,16)9-18-5-7-19(8-6-18)11-3-1-10(2-4-11)12(17)20/h1-4H,5-9H2,(H2,17,20). The Balaban J connectivity index is 1.92. The summed E-state index contributed by atoms with van der Waals surface area (Å²) in [5.74, 6) is -0.494. The van der Waals surface area contributed by atoms with Gasteiger partial charge >= 0.3 is 6.18 Å². The zero-order chi connectivity index (χ0) is 14.8. The van der Waals surface area contributed by atoms with Crippen molar-refractivity contribution >= 4 is 11.6 Å². The molecule has 0 bridgehead atoms. The highest BCUT2D eigenvalue weighted by Gasteiger charge is 2.32. The van der Waals surface area contributed by atoms with Crippen molar-refractivity contribution in [2.45, 2.75) is 6.18 Å². The van der Waals surface area contributed by atoms with E-state index in [-0.39, 0.29) is 0 Å². The fourth-order valence-corrected chi connectivity index (χ4v) is 2.25. The third kappa shape index (κ3) is 3.86. The van der Waals surface area contributed by atoms with Crippen molar-refractivity contribution in [3.63, 3.8) is 0 Å². The summed E-state index contributed by atoms with van der Waals surface area (Å²) in [6.45, 7) is 0.952. The average molecular weight is 287 g/mol. The smallest absolute Gasteiger partial charge is 0.369 e. The number of halogens is 3. The van der Waals surface area contributed by atoms with E-state index < -0.39 is 18.6 Å². The molecule has 1 aromatic carbocycles. The van der Waals surface area contributed by atoms with Crippen LogP contribution in [0.1, 0.15) is 10.4 Å². The summed E-state index contributed by atoms with van der Waals surface area (Å²) < 4.78 is 36.8. The summed E-state index contributed by atoms with van der Waals surface area (Å²) in [5, 5.41) is 0. The second-order valence-corrected chi connectivity index (χ2v) is 4.79. The second-order valence-electron chi connectivity index (χ2n) is 4.79. The largest absolute Gasteiger partial charge is 0.401 e. The van der Waals surface area contributed by atoms with Gasteiger partial charge in [0.15, 0.2) is 0 Å². The van der Waals surface area contributed by atoms with E-state index in [9.17, 15) is 18.0 Å². The number of anilines is 1. The first-order valence-corrected chi connectivity index (χ1v) is 6.29. The van der Waals surface area contributed by atoms with Crippen LogP contribution in [0.4, 0.5) is 18.9 Å². The SMILES string of the molecule is NC(=O)c1ccc(N2CCN(CC(F)(F)F)CC2)cc1. The molecule has 0 spiro atoms. The van der Waals surface area contributed by atoms with Gasteiger partial charge in [0, 0.05) is 37.4 Å². The Hall–Kier alpha value is -1.76. The summed E-state index contributed by atoms with van der Waals surface area (Å²) in [7, 11) is 0. The van der Waals surface area contributed by atoms with Crippen LogP contribution in [0.2, 0.25) is 0 Å². The number of hydrogen-bond donors (Lipinski definition) is 1. The van der Waals surface area contributed by atoms with Gasteiger partial charge in [-0.3, -0.25) is 9.69 Å². The third-order valence-electron chi connectivity index (χ3n) is 3.29. The summed E-state index contributed by atoms with van der Waals surface area (Å²) in [5.41, 5.74) is 6.46. The zero-order valence-electron chi connectivity index (χ0n) is 10.9. The Kier molecular flexibility index (Phi) is 4.17. The Morgan fingerprint density at radius 3 is 2.10 bits per heavy atom. The van der Waals surface area contributed by atoms with E-state index >= 15 is 0 Å². The Bertz CT molecular complexity index is 465. The van der Waals surface area contributed by atoms with Crippen molar-refractivity contribution in [1.29, 1.82) is 0 Å². The molecule has 1 amide bonds. The number of benzene rings is 1. The van der Waals surface area contributed by atoms with E-state index in [1.165, 1.54) is 4.90 Å². The van der Waals surface area contributed by atoms with Crippen molar-refractivity contribution in [2.24, 2.45) is 5.73 Å². The van der Waals surface area contributed by atoms with E-state index in [0.29, 0.717) is 31.7 Å². The molecule has 1 saturated heterocycles. The molecule has 2 N–H and O–H groups in total. The molecule has 1 fully saturated rings. The predicted octanol–water partition coefficient (Wildman–Crippen LogP) is 1.47. The van der Waals surface area contributed by atoms with Crippen molar-refractivity contribution in [2.75, 3.05) is 37.6 Å². The van der Waals surface area contributed by atoms with E-state index in [1.807, 2.05) is 4.90 Å². The minimum atomic E-state index is -4.15. The molecule has 0 unspecified atom stereocenters. The normalized spacial score (nSPS) is 17.2. The van der Waals surface area contributed by atoms with Gasteiger partial charge in [-0.15, -0.1) is 0 Å². The highest BCUT2D eigenvalue weighted by molar-refractivity contribution is 5.93. The van der Waals surface area contributed by atoms with Gasteiger partial charge in [0.05, 0.1) is 6.54 Å². The fraction of sp³-hybridized carbons (Fsp3) is 0.462. The molecule has 1 aliphatic heterocycles. The lowest BCUT2D eigenvalue weighted by Crippen LogP contribution is -2.49. The van der Waals surface area contributed by atoms with E-state index in [1.54, 1.807) is 24.3 Å². The summed E-state index contributed by atoms with van der Waals surface area (Å²) in [6, 6.07) is 6.78. The minimum absolute atomic E-state index is 0.372. The van der Waals surface area contributed by atoms with E-state index in [4.69, 9.17) is 5.73 Å². The van der Waals surface area contributed by atoms with Crippen molar-refractivity contribution in [1.82, 2.24) is 4.90 Å². The number of alkyl halides is 3. The first kappa shape index (κ1) is 14.6. The molecule has 1 heterocycles. The number of rotatable bonds is 3. The fourth-order valence-electron chi connectivity index (χ4n) is 2.25. The number of carbonyl (C=O) groups excluding carboxylic acids is 1. The van der Waals surface area contributed by atoms with Crippen LogP contribution in [0.3, 0.4) is 0 Å². The van der Waals surface area contributed by atoms with Gasteiger partial charge < -0.3 is 10.6 Å². The molecule has 0 saturated carbocycles. The number of primary amides is 1. The number of carbonyl (C=O) groups is 1. The predicted molar refractivity (Wildman–Crippen MR) is 69.7 cm³/mol. The monoisotopic (exact) mass is 287 g/mol. The molecule has 0 aliphatic carbocycles. The number of piperazine rings is 1. The maximum atomic E-state index is 12.3. The molecule has 20 heavy (non-hydrogen) atoms. The number of nitrogens with two attached hydrogens (primary N) is 1. The van der Waals surface area contributed by atoms with Crippen LogP contribution in [-0.2, 0) is 0 Å². The first-order chi connectivity index (χ1) is 9.35. The van der Waals surface area contributed by atoms with Crippen molar-refractivity contribution < 1.29 is 18.0 Å².